The number of benzene rings is 2. The number of nitrogens with zero attached hydrogens (tertiary/aromatic N) is 1. The minimum atomic E-state index is -3.82. The highest BCUT2D eigenvalue weighted by Crippen LogP contribution is 2.30. The average molecular weight is 487 g/mol. The monoisotopic (exact) mass is 486 g/mol. The lowest BCUT2D eigenvalue weighted by molar-refractivity contribution is 0.0858. The van der Waals surface area contributed by atoms with Crippen LogP contribution in [-0.4, -0.2) is 59.8 Å². The van der Waals surface area contributed by atoms with Gasteiger partial charge in [-0.1, -0.05) is 25.5 Å². The highest BCUT2D eigenvalue weighted by Gasteiger charge is 2.22. The second kappa shape index (κ2) is 11.2. The van der Waals surface area contributed by atoms with Gasteiger partial charge in [0.2, 0.25) is 0 Å². The van der Waals surface area contributed by atoms with Gasteiger partial charge in [0.1, 0.15) is 0 Å². The number of carbonyl (C=O) groups is 1. The lowest BCUT2D eigenvalue weighted by Crippen LogP contribution is -2.43. The van der Waals surface area contributed by atoms with Crippen LogP contribution in [0.3, 0.4) is 0 Å². The third-order valence-corrected chi connectivity index (χ3v) is 7.63. The molecule has 3 N–H and O–H groups in total. The summed E-state index contributed by atoms with van der Waals surface area (Å²) in [5, 5.41) is 6.23. The van der Waals surface area contributed by atoms with Gasteiger partial charge in [0.05, 0.1) is 22.4 Å². The van der Waals surface area contributed by atoms with Crippen LogP contribution in [0.5, 0.6) is 0 Å². The highest BCUT2D eigenvalue weighted by atomic mass is 32.2. The van der Waals surface area contributed by atoms with Crippen molar-refractivity contribution in [3.63, 3.8) is 0 Å². The lowest BCUT2D eigenvalue weighted by Gasteiger charge is -2.31. The van der Waals surface area contributed by atoms with Gasteiger partial charge in [-0.3, -0.25) is 9.52 Å². The maximum absolute atomic E-state index is 13.2. The fourth-order valence-corrected chi connectivity index (χ4v) is 5.45. The molecule has 0 radical (unpaired) electrons. The van der Waals surface area contributed by atoms with Crippen LogP contribution in [0.25, 0.3) is 0 Å². The van der Waals surface area contributed by atoms with Crippen molar-refractivity contribution < 1.29 is 17.9 Å². The number of hydrogen-bond acceptors (Lipinski definition) is 6. The van der Waals surface area contributed by atoms with E-state index in [0.717, 1.165) is 69.7 Å². The number of nitrogens with one attached hydrogen (secondary N) is 3. The Bertz CT molecular complexity index is 1080. The Kier molecular flexibility index (Phi) is 8.07. The van der Waals surface area contributed by atoms with Crippen molar-refractivity contribution in [1.29, 1.82) is 0 Å². The van der Waals surface area contributed by atoms with Crippen molar-refractivity contribution in [2.24, 2.45) is 0 Å². The molecule has 4 rings (SSSR count). The smallest absolute Gasteiger partial charge is 0.261 e. The van der Waals surface area contributed by atoms with Crippen molar-refractivity contribution in [3.8, 4) is 0 Å². The number of sulfonamides is 1. The molecule has 1 amide bonds. The zero-order chi connectivity index (χ0) is 24.0. The number of amides is 1. The van der Waals surface area contributed by atoms with Crippen LogP contribution in [0.15, 0.2) is 47.4 Å². The van der Waals surface area contributed by atoms with Gasteiger partial charge < -0.3 is 20.3 Å². The number of hydrogen-bond donors (Lipinski definition) is 3. The molecule has 2 fully saturated rings. The topological polar surface area (TPSA) is 99.8 Å². The molecule has 1 unspecified atom stereocenters. The number of aryl methyl sites for hydroxylation is 1. The van der Waals surface area contributed by atoms with E-state index in [-0.39, 0.29) is 16.9 Å². The third kappa shape index (κ3) is 6.08. The van der Waals surface area contributed by atoms with E-state index >= 15 is 0 Å². The molecule has 0 saturated carbocycles. The van der Waals surface area contributed by atoms with E-state index in [4.69, 9.17) is 4.74 Å². The number of carbonyl (C=O) groups excluding carboxylic acids is 1. The summed E-state index contributed by atoms with van der Waals surface area (Å²) in [6.45, 7) is 6.40. The Morgan fingerprint density at radius 2 is 1.91 bits per heavy atom. The number of rotatable bonds is 9. The minimum Gasteiger partial charge on any atom is -0.376 e. The van der Waals surface area contributed by atoms with Crippen LogP contribution in [0.1, 0.15) is 42.1 Å². The maximum atomic E-state index is 13.2. The molecule has 0 aromatic heterocycles. The number of ether oxygens (including phenoxy) is 1. The molecule has 2 aromatic carbocycles. The Labute approximate surface area is 202 Å². The van der Waals surface area contributed by atoms with E-state index in [9.17, 15) is 13.2 Å². The van der Waals surface area contributed by atoms with Crippen molar-refractivity contribution in [2.75, 3.05) is 49.0 Å². The lowest BCUT2D eigenvalue weighted by atomic mass is 10.1. The molecule has 2 aliphatic heterocycles. The Balaban J connectivity index is 1.57. The maximum Gasteiger partial charge on any atom is 0.261 e. The molecule has 0 bridgehead atoms. The first kappa shape index (κ1) is 24.5. The molecule has 0 aliphatic carbocycles. The summed E-state index contributed by atoms with van der Waals surface area (Å²) in [6, 6.07) is 12.2. The second-order valence-electron chi connectivity index (χ2n) is 8.81. The summed E-state index contributed by atoms with van der Waals surface area (Å²) in [5.41, 5.74) is 2.69. The van der Waals surface area contributed by atoms with Crippen LogP contribution in [0, 0.1) is 0 Å². The van der Waals surface area contributed by atoms with E-state index in [1.54, 1.807) is 24.3 Å². The standard InChI is InChI=1S/C25H34N4O4S/c1-2-4-19-6-9-22(10-7-19)34(31,32)28-23-17-20(25(30)27-18-21-5-3-16-33-21)8-11-24(23)29-14-12-26-13-15-29/h6-11,17,21,26,28H,2-5,12-16,18H2,1H3,(H,27,30). The van der Waals surface area contributed by atoms with Gasteiger partial charge in [-0.25, -0.2) is 8.42 Å². The largest absolute Gasteiger partial charge is 0.376 e. The van der Waals surface area contributed by atoms with Crippen molar-refractivity contribution in [3.05, 3.63) is 53.6 Å². The predicted octanol–water partition coefficient (Wildman–Crippen LogP) is 2.76. The number of anilines is 2. The fourth-order valence-electron chi connectivity index (χ4n) is 4.38. The van der Waals surface area contributed by atoms with E-state index in [0.29, 0.717) is 17.8 Å². The van der Waals surface area contributed by atoms with Crippen molar-refractivity contribution >= 4 is 27.3 Å². The van der Waals surface area contributed by atoms with E-state index in [2.05, 4.69) is 27.2 Å². The molecular weight excluding hydrogens is 452 g/mol. The average Bonchev–Trinajstić information content (AvgIpc) is 3.37. The molecule has 2 heterocycles. The van der Waals surface area contributed by atoms with Gasteiger partial charge in [0.25, 0.3) is 15.9 Å². The molecule has 2 aliphatic rings. The summed E-state index contributed by atoms with van der Waals surface area (Å²) in [6.07, 6.45) is 3.89. The summed E-state index contributed by atoms with van der Waals surface area (Å²) in [4.78, 5) is 15.1. The molecule has 1 atom stereocenters. The van der Waals surface area contributed by atoms with Gasteiger partial charge >= 0.3 is 0 Å². The summed E-state index contributed by atoms with van der Waals surface area (Å²) in [7, 11) is -3.82. The van der Waals surface area contributed by atoms with E-state index < -0.39 is 10.0 Å². The molecule has 8 nitrogen and oxygen atoms in total. The molecule has 184 valence electrons. The van der Waals surface area contributed by atoms with Crippen LogP contribution < -0.4 is 20.3 Å². The van der Waals surface area contributed by atoms with Crippen LogP contribution in [0.4, 0.5) is 11.4 Å². The third-order valence-electron chi connectivity index (χ3n) is 6.25. The van der Waals surface area contributed by atoms with Crippen molar-refractivity contribution in [2.45, 2.75) is 43.6 Å². The molecule has 2 saturated heterocycles. The first-order valence-corrected chi connectivity index (χ1v) is 13.6. The molecule has 34 heavy (non-hydrogen) atoms. The normalized spacial score (nSPS) is 18.6. The van der Waals surface area contributed by atoms with Gasteiger partial charge in [-0.15, -0.1) is 0 Å². The van der Waals surface area contributed by atoms with Crippen LogP contribution >= 0.6 is 0 Å². The van der Waals surface area contributed by atoms with Gasteiger partial charge in [0, 0.05) is 44.9 Å². The van der Waals surface area contributed by atoms with Gasteiger partial charge in [0.15, 0.2) is 0 Å². The molecule has 9 heteroatoms. The van der Waals surface area contributed by atoms with E-state index in [1.165, 1.54) is 0 Å². The Morgan fingerprint density at radius 3 is 2.59 bits per heavy atom. The zero-order valence-electron chi connectivity index (χ0n) is 19.7. The van der Waals surface area contributed by atoms with Crippen LogP contribution in [0.2, 0.25) is 0 Å². The summed E-state index contributed by atoms with van der Waals surface area (Å²) < 4.78 is 34.8. The summed E-state index contributed by atoms with van der Waals surface area (Å²) in [5.74, 6) is -0.244. The SMILES string of the molecule is CCCc1ccc(S(=O)(=O)Nc2cc(C(=O)NCC3CCCO3)ccc2N2CCNCC2)cc1. The predicted molar refractivity (Wildman–Crippen MR) is 134 cm³/mol. The quantitative estimate of drug-likeness (QED) is 0.504. The van der Waals surface area contributed by atoms with Gasteiger partial charge in [-0.05, 0) is 55.2 Å². The first-order chi connectivity index (χ1) is 16.5. The Morgan fingerprint density at radius 1 is 1.15 bits per heavy atom. The van der Waals surface area contributed by atoms with Crippen LogP contribution in [-0.2, 0) is 21.2 Å². The minimum absolute atomic E-state index is 0.0396. The highest BCUT2D eigenvalue weighted by molar-refractivity contribution is 7.92. The molecule has 2 aromatic rings. The fraction of sp³-hybridized carbons (Fsp3) is 0.480. The first-order valence-electron chi connectivity index (χ1n) is 12.1. The Hall–Kier alpha value is -2.62. The van der Waals surface area contributed by atoms with E-state index in [1.807, 2.05) is 18.2 Å². The zero-order valence-corrected chi connectivity index (χ0v) is 20.5. The van der Waals surface area contributed by atoms with Crippen molar-refractivity contribution in [1.82, 2.24) is 10.6 Å². The van der Waals surface area contributed by atoms with Gasteiger partial charge in [-0.2, -0.15) is 0 Å². The molecule has 0 spiro atoms. The number of piperazine rings is 1. The summed E-state index contributed by atoms with van der Waals surface area (Å²) >= 11 is 0. The second-order valence-corrected chi connectivity index (χ2v) is 10.5. The molecular formula is C25H34N4O4S.